The van der Waals surface area contributed by atoms with E-state index in [-0.39, 0.29) is 18.6 Å². The van der Waals surface area contributed by atoms with Gasteiger partial charge in [0.15, 0.2) is 6.61 Å². The van der Waals surface area contributed by atoms with Crippen LogP contribution in [0.1, 0.15) is 30.5 Å². The second-order valence-corrected chi connectivity index (χ2v) is 6.46. The third-order valence-electron chi connectivity index (χ3n) is 4.08. The molecule has 27 heavy (non-hydrogen) atoms. The standard InChI is InChI=1S/C21H24N2O4/c1-4-25-19-10-16-9-15(3)27-20(16)11-17(19)12-22-23-21(24)13-26-18-7-5-6-14(2)8-18/h5-8,10-12,15H,4,9,13H2,1-3H3,(H,23,24)/b22-12-/t15-/m1/s1. The van der Waals surface area contributed by atoms with Crippen molar-refractivity contribution in [3.8, 4) is 17.2 Å². The van der Waals surface area contributed by atoms with Crippen molar-refractivity contribution < 1.29 is 19.0 Å². The summed E-state index contributed by atoms with van der Waals surface area (Å²) in [6, 6.07) is 11.4. The summed E-state index contributed by atoms with van der Waals surface area (Å²) in [5.41, 5.74) is 5.42. The minimum absolute atomic E-state index is 0.107. The molecule has 3 rings (SSSR count). The van der Waals surface area contributed by atoms with E-state index in [4.69, 9.17) is 14.2 Å². The molecule has 6 heteroatoms. The van der Waals surface area contributed by atoms with E-state index in [1.165, 1.54) is 0 Å². The third kappa shape index (κ3) is 5.00. The fourth-order valence-corrected chi connectivity index (χ4v) is 2.90. The molecule has 0 aliphatic carbocycles. The monoisotopic (exact) mass is 368 g/mol. The van der Waals surface area contributed by atoms with E-state index in [1.54, 1.807) is 6.21 Å². The van der Waals surface area contributed by atoms with E-state index in [2.05, 4.69) is 10.5 Å². The Bertz CT molecular complexity index is 848. The lowest BCUT2D eigenvalue weighted by Crippen LogP contribution is -2.24. The zero-order chi connectivity index (χ0) is 19.2. The summed E-state index contributed by atoms with van der Waals surface area (Å²) in [6.45, 7) is 6.37. The van der Waals surface area contributed by atoms with Gasteiger partial charge >= 0.3 is 0 Å². The molecule has 1 aliphatic rings. The lowest BCUT2D eigenvalue weighted by atomic mass is 10.1. The first-order chi connectivity index (χ1) is 13.0. The van der Waals surface area contributed by atoms with Crippen molar-refractivity contribution in [3.63, 3.8) is 0 Å². The number of benzene rings is 2. The Kier molecular flexibility index (Phi) is 5.96. The van der Waals surface area contributed by atoms with Gasteiger partial charge in [-0.15, -0.1) is 0 Å². The van der Waals surface area contributed by atoms with E-state index >= 15 is 0 Å². The number of rotatable bonds is 7. The molecular weight excluding hydrogens is 344 g/mol. The minimum atomic E-state index is -0.336. The summed E-state index contributed by atoms with van der Waals surface area (Å²) < 4.78 is 16.9. The van der Waals surface area contributed by atoms with Crippen molar-refractivity contribution in [3.05, 3.63) is 53.1 Å². The number of ether oxygens (including phenoxy) is 3. The Balaban J connectivity index is 1.60. The molecule has 2 aromatic rings. The van der Waals surface area contributed by atoms with Gasteiger partial charge < -0.3 is 14.2 Å². The SMILES string of the molecule is CCOc1cc2c(cc1/C=N\NC(=O)COc1cccc(C)c1)O[C@H](C)C2. The Morgan fingerprint density at radius 3 is 2.96 bits per heavy atom. The number of hydrogen-bond acceptors (Lipinski definition) is 5. The molecule has 0 bridgehead atoms. The van der Waals surface area contributed by atoms with E-state index in [9.17, 15) is 4.79 Å². The summed E-state index contributed by atoms with van der Waals surface area (Å²) in [7, 11) is 0. The molecule has 0 spiro atoms. The van der Waals surface area contributed by atoms with Crippen LogP contribution in [-0.4, -0.2) is 31.4 Å². The molecule has 2 aromatic carbocycles. The summed E-state index contributed by atoms with van der Waals surface area (Å²) in [4.78, 5) is 11.9. The van der Waals surface area contributed by atoms with Gasteiger partial charge in [0.2, 0.25) is 0 Å². The fourth-order valence-electron chi connectivity index (χ4n) is 2.90. The van der Waals surface area contributed by atoms with Gasteiger partial charge in [0, 0.05) is 17.5 Å². The first-order valence-electron chi connectivity index (χ1n) is 9.03. The van der Waals surface area contributed by atoms with Gasteiger partial charge in [0.1, 0.15) is 23.4 Å². The molecule has 0 aromatic heterocycles. The number of carbonyl (C=O) groups excluding carboxylic acids is 1. The summed E-state index contributed by atoms with van der Waals surface area (Å²) in [5, 5.41) is 4.02. The first kappa shape index (κ1) is 18.8. The second-order valence-electron chi connectivity index (χ2n) is 6.46. The van der Waals surface area contributed by atoms with Gasteiger partial charge in [-0.25, -0.2) is 5.43 Å². The number of hydrazone groups is 1. The molecule has 1 aliphatic heterocycles. The molecule has 0 fully saturated rings. The van der Waals surface area contributed by atoms with Gasteiger partial charge in [-0.1, -0.05) is 12.1 Å². The van der Waals surface area contributed by atoms with Crippen LogP contribution in [0.3, 0.4) is 0 Å². The van der Waals surface area contributed by atoms with Crippen LogP contribution in [0.2, 0.25) is 0 Å². The van der Waals surface area contributed by atoms with Crippen LogP contribution in [0.4, 0.5) is 0 Å². The van der Waals surface area contributed by atoms with E-state index < -0.39 is 0 Å². The summed E-state index contributed by atoms with van der Waals surface area (Å²) in [6.07, 6.45) is 2.57. The highest BCUT2D eigenvalue weighted by Crippen LogP contribution is 2.34. The number of hydrogen-bond donors (Lipinski definition) is 1. The average Bonchev–Trinajstić information content (AvgIpc) is 2.99. The van der Waals surface area contributed by atoms with Crippen molar-refractivity contribution in [1.29, 1.82) is 0 Å². The van der Waals surface area contributed by atoms with Crippen LogP contribution in [-0.2, 0) is 11.2 Å². The quantitative estimate of drug-likeness (QED) is 0.602. The highest BCUT2D eigenvalue weighted by atomic mass is 16.5. The second kappa shape index (κ2) is 8.58. The zero-order valence-corrected chi connectivity index (χ0v) is 15.8. The predicted octanol–water partition coefficient (Wildman–Crippen LogP) is 3.25. The van der Waals surface area contributed by atoms with Crippen molar-refractivity contribution in [1.82, 2.24) is 5.43 Å². The van der Waals surface area contributed by atoms with Crippen LogP contribution in [0, 0.1) is 6.92 Å². The summed E-state index contributed by atoms with van der Waals surface area (Å²) in [5.74, 6) is 1.87. The number of amides is 1. The van der Waals surface area contributed by atoms with Crippen LogP contribution < -0.4 is 19.6 Å². The zero-order valence-electron chi connectivity index (χ0n) is 15.8. The molecule has 1 heterocycles. The minimum Gasteiger partial charge on any atom is -0.493 e. The third-order valence-corrected chi connectivity index (χ3v) is 4.08. The Labute approximate surface area is 159 Å². The van der Waals surface area contributed by atoms with Gasteiger partial charge in [0.05, 0.1) is 12.8 Å². The molecule has 6 nitrogen and oxygen atoms in total. The molecule has 1 atom stereocenters. The Hall–Kier alpha value is -3.02. The molecule has 1 N–H and O–H groups in total. The van der Waals surface area contributed by atoms with Gasteiger partial charge in [-0.05, 0) is 50.6 Å². The van der Waals surface area contributed by atoms with E-state index in [0.717, 1.165) is 34.6 Å². The number of nitrogens with zero attached hydrogens (tertiary/aromatic N) is 1. The molecular formula is C21H24N2O4. The molecule has 0 radical (unpaired) electrons. The molecule has 0 saturated heterocycles. The van der Waals surface area contributed by atoms with Gasteiger partial charge in [0.25, 0.3) is 5.91 Å². The molecule has 0 saturated carbocycles. The summed E-state index contributed by atoms with van der Waals surface area (Å²) >= 11 is 0. The van der Waals surface area contributed by atoms with Crippen molar-refractivity contribution >= 4 is 12.1 Å². The highest BCUT2D eigenvalue weighted by Gasteiger charge is 2.21. The maximum Gasteiger partial charge on any atom is 0.277 e. The molecule has 142 valence electrons. The topological polar surface area (TPSA) is 69.2 Å². The van der Waals surface area contributed by atoms with Crippen LogP contribution >= 0.6 is 0 Å². The number of nitrogens with one attached hydrogen (secondary N) is 1. The van der Waals surface area contributed by atoms with E-state index in [0.29, 0.717) is 12.4 Å². The lowest BCUT2D eigenvalue weighted by molar-refractivity contribution is -0.123. The predicted molar refractivity (Wildman–Crippen MR) is 104 cm³/mol. The molecule has 1 amide bonds. The van der Waals surface area contributed by atoms with Gasteiger partial charge in [-0.2, -0.15) is 5.10 Å². The highest BCUT2D eigenvalue weighted by molar-refractivity contribution is 5.86. The number of fused-ring (bicyclic) bond motifs is 1. The largest absolute Gasteiger partial charge is 0.493 e. The first-order valence-corrected chi connectivity index (χ1v) is 9.03. The molecule has 0 unspecified atom stereocenters. The number of carbonyl (C=O) groups is 1. The lowest BCUT2D eigenvalue weighted by Gasteiger charge is -2.09. The normalized spacial score (nSPS) is 15.3. The maximum absolute atomic E-state index is 11.9. The van der Waals surface area contributed by atoms with Crippen LogP contribution in [0.5, 0.6) is 17.2 Å². The van der Waals surface area contributed by atoms with Crippen molar-refractivity contribution in [2.75, 3.05) is 13.2 Å². The average molecular weight is 368 g/mol. The van der Waals surface area contributed by atoms with Crippen LogP contribution in [0.15, 0.2) is 41.5 Å². The fraction of sp³-hybridized carbons (Fsp3) is 0.333. The van der Waals surface area contributed by atoms with Gasteiger partial charge in [-0.3, -0.25) is 4.79 Å². The maximum atomic E-state index is 11.9. The van der Waals surface area contributed by atoms with Crippen LogP contribution in [0.25, 0.3) is 0 Å². The number of aryl methyl sites for hydroxylation is 1. The van der Waals surface area contributed by atoms with Crippen molar-refractivity contribution in [2.45, 2.75) is 33.3 Å². The smallest absolute Gasteiger partial charge is 0.277 e. The Morgan fingerprint density at radius 2 is 2.19 bits per heavy atom. The van der Waals surface area contributed by atoms with Crippen molar-refractivity contribution in [2.24, 2.45) is 5.10 Å². The van der Waals surface area contributed by atoms with E-state index in [1.807, 2.05) is 57.2 Å². The Morgan fingerprint density at radius 1 is 1.33 bits per heavy atom.